The summed E-state index contributed by atoms with van der Waals surface area (Å²) in [5.74, 6) is 0. The minimum atomic E-state index is 0.702. The van der Waals surface area contributed by atoms with Crippen LogP contribution >= 0.6 is 0 Å². The first kappa shape index (κ1) is 14.4. The van der Waals surface area contributed by atoms with Gasteiger partial charge in [0.2, 0.25) is 0 Å². The lowest BCUT2D eigenvalue weighted by atomic mass is 10.1. The van der Waals surface area contributed by atoms with Crippen LogP contribution in [0.3, 0.4) is 0 Å². The fraction of sp³-hybridized carbons (Fsp3) is 0.625. The highest BCUT2D eigenvalue weighted by molar-refractivity contribution is 5.54. The first-order chi connectivity index (χ1) is 9.11. The smallest absolute Gasteiger partial charge is 0.0394 e. The summed E-state index contributed by atoms with van der Waals surface area (Å²) >= 11 is 0. The van der Waals surface area contributed by atoms with E-state index in [1.54, 1.807) is 0 Å². The Morgan fingerprint density at radius 1 is 1.42 bits per heavy atom. The Morgan fingerprint density at radius 3 is 2.79 bits per heavy atom. The van der Waals surface area contributed by atoms with Gasteiger partial charge in [-0.05, 0) is 63.5 Å². The minimum absolute atomic E-state index is 0.702. The van der Waals surface area contributed by atoms with Crippen molar-refractivity contribution in [2.45, 2.75) is 32.2 Å². The lowest BCUT2D eigenvalue weighted by molar-refractivity contribution is 0.314. The molecule has 0 radical (unpaired) electrons. The number of anilines is 1. The van der Waals surface area contributed by atoms with Crippen LogP contribution in [0.15, 0.2) is 18.2 Å². The van der Waals surface area contributed by atoms with E-state index in [1.807, 2.05) is 0 Å². The topological polar surface area (TPSA) is 32.5 Å². The van der Waals surface area contributed by atoms with E-state index in [1.165, 1.54) is 36.2 Å². The van der Waals surface area contributed by atoms with E-state index >= 15 is 0 Å². The summed E-state index contributed by atoms with van der Waals surface area (Å²) in [6.45, 7) is 5.28. The van der Waals surface area contributed by atoms with Gasteiger partial charge >= 0.3 is 0 Å². The van der Waals surface area contributed by atoms with Crippen LogP contribution in [0.2, 0.25) is 0 Å². The molecule has 1 saturated heterocycles. The molecule has 0 aromatic heterocycles. The predicted molar refractivity (Wildman–Crippen MR) is 82.9 cm³/mol. The number of rotatable bonds is 5. The average molecular weight is 261 g/mol. The number of nitrogens with zero attached hydrogens (tertiary/aromatic N) is 2. The van der Waals surface area contributed by atoms with Gasteiger partial charge in [-0.15, -0.1) is 0 Å². The molecular weight excluding hydrogens is 234 g/mol. The van der Waals surface area contributed by atoms with Crippen molar-refractivity contribution >= 4 is 5.69 Å². The fourth-order valence-electron chi connectivity index (χ4n) is 3.09. The van der Waals surface area contributed by atoms with Crippen LogP contribution in [0.4, 0.5) is 5.69 Å². The van der Waals surface area contributed by atoms with Crippen molar-refractivity contribution in [2.75, 3.05) is 38.6 Å². The van der Waals surface area contributed by atoms with Gasteiger partial charge in [-0.1, -0.05) is 12.1 Å². The molecule has 1 unspecified atom stereocenters. The molecule has 2 rings (SSSR count). The first-order valence-electron chi connectivity index (χ1n) is 7.33. The summed E-state index contributed by atoms with van der Waals surface area (Å²) < 4.78 is 0. The van der Waals surface area contributed by atoms with Crippen LogP contribution in [0.25, 0.3) is 0 Å². The van der Waals surface area contributed by atoms with Gasteiger partial charge in [-0.3, -0.25) is 0 Å². The Balaban J connectivity index is 2.04. The van der Waals surface area contributed by atoms with Crippen LogP contribution < -0.4 is 10.6 Å². The molecule has 1 aromatic carbocycles. The summed E-state index contributed by atoms with van der Waals surface area (Å²) in [5, 5.41) is 0. The summed E-state index contributed by atoms with van der Waals surface area (Å²) in [6, 6.07) is 7.43. The van der Waals surface area contributed by atoms with Crippen LogP contribution in [-0.2, 0) is 6.42 Å². The molecule has 0 bridgehead atoms. The van der Waals surface area contributed by atoms with Crippen LogP contribution in [0.1, 0.15) is 24.0 Å². The lowest BCUT2D eigenvalue weighted by Gasteiger charge is -2.28. The average Bonchev–Trinajstić information content (AvgIpc) is 2.75. The van der Waals surface area contributed by atoms with Crippen molar-refractivity contribution in [2.24, 2.45) is 5.73 Å². The summed E-state index contributed by atoms with van der Waals surface area (Å²) in [4.78, 5) is 4.88. The van der Waals surface area contributed by atoms with Crippen molar-refractivity contribution in [1.29, 1.82) is 0 Å². The number of nitrogens with two attached hydrogens (primary N) is 1. The maximum absolute atomic E-state index is 5.62. The van der Waals surface area contributed by atoms with E-state index in [0.29, 0.717) is 6.04 Å². The lowest BCUT2D eigenvalue weighted by Crippen LogP contribution is -2.36. The maximum Gasteiger partial charge on any atom is 0.0394 e. The SMILES string of the molecule is Cc1cc(CCN)ccc1N(C)CC1CCCN1C. The molecule has 1 aliphatic heterocycles. The van der Waals surface area contributed by atoms with Crippen molar-refractivity contribution in [3.05, 3.63) is 29.3 Å². The molecule has 0 aliphatic carbocycles. The number of likely N-dealkylation sites (tertiary alicyclic amines) is 1. The van der Waals surface area contributed by atoms with Crippen LogP contribution in [0, 0.1) is 6.92 Å². The molecule has 1 fully saturated rings. The zero-order valence-corrected chi connectivity index (χ0v) is 12.5. The Hall–Kier alpha value is -1.06. The fourth-order valence-corrected chi connectivity index (χ4v) is 3.09. The summed E-state index contributed by atoms with van der Waals surface area (Å²) in [6.07, 6.45) is 3.63. The number of aryl methyl sites for hydroxylation is 1. The highest BCUT2D eigenvalue weighted by Gasteiger charge is 2.22. The third-order valence-electron chi connectivity index (χ3n) is 4.26. The Bertz CT molecular complexity index is 416. The quantitative estimate of drug-likeness (QED) is 0.880. The maximum atomic E-state index is 5.62. The van der Waals surface area contributed by atoms with Gasteiger partial charge in [-0.25, -0.2) is 0 Å². The van der Waals surface area contributed by atoms with E-state index in [4.69, 9.17) is 5.73 Å². The van der Waals surface area contributed by atoms with E-state index in [0.717, 1.165) is 19.5 Å². The van der Waals surface area contributed by atoms with E-state index in [-0.39, 0.29) is 0 Å². The Labute approximate surface area is 117 Å². The van der Waals surface area contributed by atoms with Crippen LogP contribution in [-0.4, -0.2) is 44.7 Å². The molecule has 1 aliphatic rings. The molecule has 1 atom stereocenters. The monoisotopic (exact) mass is 261 g/mol. The van der Waals surface area contributed by atoms with Gasteiger partial charge in [-0.2, -0.15) is 0 Å². The van der Waals surface area contributed by atoms with E-state index in [9.17, 15) is 0 Å². The molecule has 0 saturated carbocycles. The molecule has 3 nitrogen and oxygen atoms in total. The second-order valence-electron chi connectivity index (χ2n) is 5.82. The molecule has 1 aromatic rings. The number of benzene rings is 1. The van der Waals surface area contributed by atoms with Gasteiger partial charge in [0.1, 0.15) is 0 Å². The standard InChI is InChI=1S/C16H27N3/c1-13-11-14(8-9-17)6-7-16(13)19(3)12-15-5-4-10-18(15)2/h6-7,11,15H,4-5,8-10,12,17H2,1-3H3. The van der Waals surface area contributed by atoms with Crippen molar-refractivity contribution in [3.8, 4) is 0 Å². The molecule has 3 heteroatoms. The molecule has 1 heterocycles. The molecule has 106 valence electrons. The molecule has 0 spiro atoms. The highest BCUT2D eigenvalue weighted by atomic mass is 15.2. The number of hydrogen-bond donors (Lipinski definition) is 1. The van der Waals surface area contributed by atoms with Crippen molar-refractivity contribution in [3.63, 3.8) is 0 Å². The highest BCUT2D eigenvalue weighted by Crippen LogP contribution is 2.23. The van der Waals surface area contributed by atoms with Crippen LogP contribution in [0.5, 0.6) is 0 Å². The molecule has 0 amide bonds. The molecule has 2 N–H and O–H groups in total. The van der Waals surface area contributed by atoms with Crippen molar-refractivity contribution < 1.29 is 0 Å². The minimum Gasteiger partial charge on any atom is -0.373 e. The molecular formula is C16H27N3. The zero-order valence-electron chi connectivity index (χ0n) is 12.5. The summed E-state index contributed by atoms with van der Waals surface area (Å²) in [7, 11) is 4.44. The number of hydrogen-bond acceptors (Lipinski definition) is 3. The normalized spacial score (nSPS) is 19.9. The van der Waals surface area contributed by atoms with Gasteiger partial charge in [0.05, 0.1) is 0 Å². The largest absolute Gasteiger partial charge is 0.373 e. The van der Waals surface area contributed by atoms with Gasteiger partial charge < -0.3 is 15.5 Å². The van der Waals surface area contributed by atoms with Crippen molar-refractivity contribution in [1.82, 2.24) is 4.90 Å². The third-order valence-corrected chi connectivity index (χ3v) is 4.26. The zero-order chi connectivity index (χ0) is 13.8. The Kier molecular flexibility index (Phi) is 4.83. The third kappa shape index (κ3) is 3.48. The van der Waals surface area contributed by atoms with Gasteiger partial charge in [0.15, 0.2) is 0 Å². The second-order valence-corrected chi connectivity index (χ2v) is 5.82. The predicted octanol–water partition coefficient (Wildman–Crippen LogP) is 2.03. The summed E-state index contributed by atoms with van der Waals surface area (Å²) in [5.41, 5.74) is 9.66. The van der Waals surface area contributed by atoms with E-state index < -0.39 is 0 Å². The molecule has 19 heavy (non-hydrogen) atoms. The number of likely N-dealkylation sites (N-methyl/N-ethyl adjacent to an activating group) is 2. The van der Waals surface area contributed by atoms with Gasteiger partial charge in [0.25, 0.3) is 0 Å². The Morgan fingerprint density at radius 2 is 2.21 bits per heavy atom. The van der Waals surface area contributed by atoms with E-state index in [2.05, 4.69) is 49.0 Å². The first-order valence-corrected chi connectivity index (χ1v) is 7.33. The van der Waals surface area contributed by atoms with Gasteiger partial charge in [0, 0.05) is 25.3 Å². The second kappa shape index (κ2) is 6.40.